The first-order chi connectivity index (χ1) is 14.4. The zero-order valence-electron chi connectivity index (χ0n) is 18.0. The van der Waals surface area contributed by atoms with Gasteiger partial charge in [0.1, 0.15) is 0 Å². The second-order valence-electron chi connectivity index (χ2n) is 8.49. The molecular weight excluding hydrogens is 376 g/mol. The van der Waals surface area contributed by atoms with Gasteiger partial charge >= 0.3 is 5.97 Å². The molecule has 5 heteroatoms. The van der Waals surface area contributed by atoms with Gasteiger partial charge in [-0.1, -0.05) is 24.3 Å². The van der Waals surface area contributed by atoms with Gasteiger partial charge in [0, 0.05) is 23.5 Å². The van der Waals surface area contributed by atoms with Crippen molar-refractivity contribution in [2.45, 2.75) is 71.1 Å². The van der Waals surface area contributed by atoms with E-state index in [4.69, 9.17) is 4.74 Å². The van der Waals surface area contributed by atoms with Crippen LogP contribution in [0.4, 0.5) is 0 Å². The number of nitrogens with one attached hydrogen (secondary N) is 1. The van der Waals surface area contributed by atoms with Crippen molar-refractivity contribution in [3.05, 3.63) is 64.5 Å². The summed E-state index contributed by atoms with van der Waals surface area (Å²) in [5, 5.41) is 3.05. The quantitative estimate of drug-likeness (QED) is 0.564. The van der Waals surface area contributed by atoms with Crippen LogP contribution in [0.2, 0.25) is 0 Å². The van der Waals surface area contributed by atoms with E-state index in [9.17, 15) is 9.59 Å². The Balaban J connectivity index is 1.34. The van der Waals surface area contributed by atoms with Crippen molar-refractivity contribution in [2.24, 2.45) is 0 Å². The van der Waals surface area contributed by atoms with Crippen LogP contribution >= 0.6 is 0 Å². The van der Waals surface area contributed by atoms with E-state index in [1.165, 1.54) is 41.4 Å². The van der Waals surface area contributed by atoms with E-state index >= 15 is 0 Å². The Labute approximate surface area is 178 Å². The van der Waals surface area contributed by atoms with Gasteiger partial charge in [0.25, 0.3) is 5.91 Å². The van der Waals surface area contributed by atoms with Crippen molar-refractivity contribution in [2.75, 3.05) is 0 Å². The summed E-state index contributed by atoms with van der Waals surface area (Å²) in [7, 11) is 0. The third-order valence-electron chi connectivity index (χ3n) is 6.18. The molecule has 5 nitrogen and oxygen atoms in total. The standard InChI is InChI=1S/C25H30N2O3/c1-16-15-20(17(2)27(16)21-12-13-21)11-14-24(28)30-18(3)25(29)26-23-10-6-8-19-7-4-5-9-22(19)23/h4-5,7,9,11,14-15,18,21,23H,6,8,10,12-13H2,1-3H3,(H,26,29)/b14-11+/t18-,23+/m0/s1. The molecule has 2 atom stereocenters. The third kappa shape index (κ3) is 4.35. The summed E-state index contributed by atoms with van der Waals surface area (Å²) >= 11 is 0. The van der Waals surface area contributed by atoms with Gasteiger partial charge in [0.15, 0.2) is 6.10 Å². The van der Waals surface area contributed by atoms with E-state index in [2.05, 4.69) is 41.9 Å². The second kappa shape index (κ2) is 8.50. The molecule has 0 saturated heterocycles. The number of ether oxygens (including phenoxy) is 1. The maximum atomic E-state index is 12.6. The minimum atomic E-state index is -0.838. The summed E-state index contributed by atoms with van der Waals surface area (Å²) in [5.74, 6) is -0.761. The van der Waals surface area contributed by atoms with Crippen LogP contribution in [0.25, 0.3) is 6.08 Å². The number of aryl methyl sites for hydroxylation is 2. The average Bonchev–Trinajstić information content (AvgIpc) is 3.51. The lowest BCUT2D eigenvalue weighted by Crippen LogP contribution is -2.39. The molecule has 1 amide bonds. The molecule has 4 rings (SSSR count). The van der Waals surface area contributed by atoms with Crippen molar-refractivity contribution < 1.29 is 14.3 Å². The first-order valence-corrected chi connectivity index (χ1v) is 10.9. The van der Waals surface area contributed by atoms with Crippen LogP contribution in [0.1, 0.15) is 72.8 Å². The first kappa shape index (κ1) is 20.5. The minimum Gasteiger partial charge on any atom is -0.449 e. The molecule has 0 spiro atoms. The topological polar surface area (TPSA) is 60.3 Å². The Morgan fingerprint density at radius 2 is 1.97 bits per heavy atom. The molecule has 0 bridgehead atoms. The molecule has 0 aliphatic heterocycles. The number of rotatable bonds is 6. The number of nitrogens with zero attached hydrogens (tertiary/aromatic N) is 1. The maximum Gasteiger partial charge on any atom is 0.331 e. The van der Waals surface area contributed by atoms with E-state index in [-0.39, 0.29) is 11.9 Å². The fourth-order valence-corrected chi connectivity index (χ4v) is 4.48. The molecule has 1 saturated carbocycles. The van der Waals surface area contributed by atoms with Gasteiger partial charge in [-0.3, -0.25) is 4.79 Å². The van der Waals surface area contributed by atoms with Gasteiger partial charge in [-0.15, -0.1) is 0 Å². The predicted octanol–water partition coefficient (Wildman–Crippen LogP) is 4.58. The number of fused-ring (bicyclic) bond motifs is 1. The molecule has 1 aromatic heterocycles. The molecule has 30 heavy (non-hydrogen) atoms. The van der Waals surface area contributed by atoms with Crippen LogP contribution < -0.4 is 5.32 Å². The van der Waals surface area contributed by atoms with Crippen LogP contribution in [0, 0.1) is 13.8 Å². The molecule has 1 aromatic carbocycles. The van der Waals surface area contributed by atoms with Gasteiger partial charge < -0.3 is 14.6 Å². The molecule has 1 fully saturated rings. The van der Waals surface area contributed by atoms with E-state index < -0.39 is 12.1 Å². The molecule has 1 N–H and O–H groups in total. The van der Waals surface area contributed by atoms with Crippen LogP contribution in [0.15, 0.2) is 36.4 Å². The summed E-state index contributed by atoms with van der Waals surface area (Å²) in [4.78, 5) is 24.9. The number of carbonyl (C=O) groups excluding carboxylic acids is 2. The van der Waals surface area contributed by atoms with Crippen LogP contribution in [-0.4, -0.2) is 22.5 Å². The van der Waals surface area contributed by atoms with Crippen LogP contribution in [0.5, 0.6) is 0 Å². The average molecular weight is 407 g/mol. The van der Waals surface area contributed by atoms with Gasteiger partial charge in [0.05, 0.1) is 6.04 Å². The van der Waals surface area contributed by atoms with Gasteiger partial charge in [0.2, 0.25) is 0 Å². The number of benzene rings is 1. The normalized spacial score (nSPS) is 19.4. The summed E-state index contributed by atoms with van der Waals surface area (Å²) in [5.41, 5.74) is 5.85. The van der Waals surface area contributed by atoms with E-state index in [0.29, 0.717) is 6.04 Å². The van der Waals surface area contributed by atoms with Crippen molar-refractivity contribution in [3.63, 3.8) is 0 Å². The number of hydrogen-bond acceptors (Lipinski definition) is 3. The van der Waals surface area contributed by atoms with Crippen molar-refractivity contribution in [1.29, 1.82) is 0 Å². The molecule has 0 radical (unpaired) electrons. The third-order valence-corrected chi connectivity index (χ3v) is 6.18. The Bertz CT molecular complexity index is 984. The van der Waals surface area contributed by atoms with Gasteiger partial charge in [-0.2, -0.15) is 0 Å². The zero-order chi connectivity index (χ0) is 21.3. The number of carbonyl (C=O) groups is 2. The fraction of sp³-hybridized carbons (Fsp3) is 0.440. The van der Waals surface area contributed by atoms with Crippen molar-refractivity contribution >= 4 is 18.0 Å². The van der Waals surface area contributed by atoms with E-state index in [0.717, 1.165) is 24.8 Å². The Morgan fingerprint density at radius 3 is 2.73 bits per heavy atom. The van der Waals surface area contributed by atoms with Gasteiger partial charge in [-0.05, 0) is 81.7 Å². The molecule has 1 heterocycles. The van der Waals surface area contributed by atoms with E-state index in [1.807, 2.05) is 12.1 Å². The molecule has 0 unspecified atom stereocenters. The lowest BCUT2D eigenvalue weighted by atomic mass is 9.87. The largest absolute Gasteiger partial charge is 0.449 e. The van der Waals surface area contributed by atoms with Crippen molar-refractivity contribution in [1.82, 2.24) is 9.88 Å². The van der Waals surface area contributed by atoms with Crippen molar-refractivity contribution in [3.8, 4) is 0 Å². The minimum absolute atomic E-state index is 0.0213. The summed E-state index contributed by atoms with van der Waals surface area (Å²) in [6.45, 7) is 5.79. The second-order valence-corrected chi connectivity index (χ2v) is 8.49. The zero-order valence-corrected chi connectivity index (χ0v) is 18.0. The lowest BCUT2D eigenvalue weighted by Gasteiger charge is -2.27. The van der Waals surface area contributed by atoms with E-state index in [1.54, 1.807) is 13.0 Å². The number of amides is 1. The predicted molar refractivity (Wildman–Crippen MR) is 117 cm³/mol. The molecule has 2 aromatic rings. The number of esters is 1. The summed E-state index contributed by atoms with van der Waals surface area (Å²) < 4.78 is 7.69. The van der Waals surface area contributed by atoms with Gasteiger partial charge in [-0.25, -0.2) is 4.79 Å². The first-order valence-electron chi connectivity index (χ1n) is 10.9. The highest BCUT2D eigenvalue weighted by atomic mass is 16.5. The fourth-order valence-electron chi connectivity index (χ4n) is 4.48. The monoisotopic (exact) mass is 406 g/mol. The molecule has 158 valence electrons. The van der Waals surface area contributed by atoms with Crippen LogP contribution in [0.3, 0.4) is 0 Å². The SMILES string of the molecule is Cc1cc(/C=C/C(=O)O[C@@H](C)C(=O)N[C@@H]2CCCc3ccccc32)c(C)n1C1CC1. The number of aromatic nitrogens is 1. The molecule has 2 aliphatic rings. The molecule has 2 aliphatic carbocycles. The van der Waals surface area contributed by atoms with Crippen LogP contribution in [-0.2, 0) is 20.7 Å². The highest BCUT2D eigenvalue weighted by Crippen LogP contribution is 2.38. The summed E-state index contributed by atoms with van der Waals surface area (Å²) in [6, 6.07) is 10.9. The highest BCUT2D eigenvalue weighted by molar-refractivity contribution is 5.90. The lowest BCUT2D eigenvalue weighted by molar-refractivity contribution is -0.150. The number of hydrogen-bond donors (Lipinski definition) is 1. The smallest absolute Gasteiger partial charge is 0.331 e. The highest BCUT2D eigenvalue weighted by Gasteiger charge is 2.27. The Kier molecular flexibility index (Phi) is 5.80. The maximum absolute atomic E-state index is 12.6. The Hall–Kier alpha value is -2.82. The molecular formula is C25H30N2O3. The summed E-state index contributed by atoms with van der Waals surface area (Å²) in [6.07, 6.45) is 7.79. The Morgan fingerprint density at radius 1 is 1.20 bits per heavy atom.